The number of aromatic nitrogens is 3. The van der Waals surface area contributed by atoms with Crippen molar-refractivity contribution in [1.29, 1.82) is 0 Å². The third-order valence-electron chi connectivity index (χ3n) is 5.62. The van der Waals surface area contributed by atoms with Gasteiger partial charge in [-0.05, 0) is 57.9 Å². The Hall–Kier alpha value is -4.74. The molecule has 2 N–H and O–H groups in total. The second-order valence-electron chi connectivity index (χ2n) is 8.12. The fraction of sp³-hybridized carbons (Fsp3) is 0.308. The highest BCUT2D eigenvalue weighted by Crippen LogP contribution is 2.28. The van der Waals surface area contributed by atoms with Gasteiger partial charge in [-0.3, -0.25) is 9.59 Å². The number of ether oxygens (including phenoxy) is 2. The van der Waals surface area contributed by atoms with Crippen LogP contribution in [0.25, 0.3) is 5.52 Å². The molecule has 3 amide bonds. The zero-order valence-corrected chi connectivity index (χ0v) is 21.9. The normalized spacial score (nSPS) is 10.9. The summed E-state index contributed by atoms with van der Waals surface area (Å²) in [5, 5.41) is 10.2. The zero-order valence-electron chi connectivity index (χ0n) is 21.9. The molecule has 12 nitrogen and oxygen atoms in total. The molecule has 12 heteroatoms. The molecule has 0 atom stereocenters. The van der Waals surface area contributed by atoms with Crippen LogP contribution in [-0.4, -0.2) is 63.3 Å². The van der Waals surface area contributed by atoms with Crippen LogP contribution in [0.4, 0.5) is 16.3 Å². The molecule has 38 heavy (non-hydrogen) atoms. The largest absolute Gasteiger partial charge is 0.425 e. The molecule has 0 saturated carbocycles. The van der Waals surface area contributed by atoms with Crippen LogP contribution in [0.3, 0.4) is 0 Å². The lowest BCUT2D eigenvalue weighted by atomic mass is 10.1. The second-order valence-corrected chi connectivity index (χ2v) is 8.12. The monoisotopic (exact) mass is 522 g/mol. The predicted molar refractivity (Wildman–Crippen MR) is 139 cm³/mol. The van der Waals surface area contributed by atoms with Crippen LogP contribution in [-0.2, 0) is 14.3 Å². The molecular formula is C26H30N6O6. The van der Waals surface area contributed by atoms with Gasteiger partial charge in [0.1, 0.15) is 11.8 Å². The van der Waals surface area contributed by atoms with Crippen molar-refractivity contribution in [3.05, 3.63) is 65.1 Å². The third kappa shape index (κ3) is 6.14. The number of hydrogen-bond acceptors (Lipinski definition) is 9. The summed E-state index contributed by atoms with van der Waals surface area (Å²) < 4.78 is 11.2. The average molecular weight is 523 g/mol. The molecule has 1 aromatic carbocycles. The smallest absolute Gasteiger partial charge is 0.419 e. The lowest BCUT2D eigenvalue weighted by Gasteiger charge is -2.18. The van der Waals surface area contributed by atoms with Crippen LogP contribution >= 0.6 is 0 Å². The van der Waals surface area contributed by atoms with Crippen molar-refractivity contribution in [2.75, 3.05) is 25.2 Å². The Labute approximate surface area is 219 Å². The number of fused-ring (bicyclic) bond motifs is 1. The van der Waals surface area contributed by atoms with Gasteiger partial charge in [0.15, 0.2) is 5.82 Å². The minimum Gasteiger partial charge on any atom is -0.425 e. The average Bonchev–Trinajstić information content (AvgIpc) is 3.23. The number of amides is 3. The number of nitrogens with one attached hydrogen (secondary N) is 2. The molecule has 0 fully saturated rings. The number of anilines is 2. The number of esters is 1. The van der Waals surface area contributed by atoms with E-state index in [0.29, 0.717) is 34.7 Å². The molecule has 0 bridgehead atoms. The van der Waals surface area contributed by atoms with Gasteiger partial charge in [-0.2, -0.15) is 5.10 Å². The first-order chi connectivity index (χ1) is 18.2. The molecule has 0 aliphatic rings. The summed E-state index contributed by atoms with van der Waals surface area (Å²) in [5.74, 6) is -1.07. The SMILES string of the molecule is C/C=C/C(=O)OCOC(=O)N(CC)C(=O)c1cn2ncnc(Nc3cc(C(=O)NCC)ccc3C)c2c1C. The summed E-state index contributed by atoms with van der Waals surface area (Å²) in [4.78, 5) is 54.8. The fourth-order valence-corrected chi connectivity index (χ4v) is 3.66. The third-order valence-corrected chi connectivity index (χ3v) is 5.62. The molecule has 0 unspecified atom stereocenters. The molecule has 3 aromatic rings. The van der Waals surface area contributed by atoms with Gasteiger partial charge < -0.3 is 20.1 Å². The van der Waals surface area contributed by atoms with Gasteiger partial charge >= 0.3 is 12.1 Å². The minimum atomic E-state index is -0.956. The zero-order chi connectivity index (χ0) is 27.8. The summed E-state index contributed by atoms with van der Waals surface area (Å²) in [5.41, 5.74) is 3.29. The number of imide groups is 1. The van der Waals surface area contributed by atoms with Gasteiger partial charge in [0, 0.05) is 36.6 Å². The topological polar surface area (TPSA) is 144 Å². The standard InChI is InChI=1S/C26H30N6O6/c1-6-9-21(33)37-15-38-26(36)31(8-3)25(35)19-13-32-22(17(19)5)23(28-14-29-32)30-20-12-18(11-10-16(20)4)24(34)27-7-2/h6,9-14H,7-8,15H2,1-5H3,(H,27,34)(H,28,29,30)/b9-6+. The van der Waals surface area contributed by atoms with Gasteiger partial charge in [0.05, 0.1) is 5.56 Å². The fourth-order valence-electron chi connectivity index (χ4n) is 3.66. The van der Waals surface area contributed by atoms with Crippen molar-refractivity contribution in [2.45, 2.75) is 34.6 Å². The van der Waals surface area contributed by atoms with Crippen molar-refractivity contribution < 1.29 is 28.7 Å². The van der Waals surface area contributed by atoms with Crippen molar-refractivity contribution in [2.24, 2.45) is 0 Å². The maximum atomic E-state index is 13.3. The number of hydrogen-bond donors (Lipinski definition) is 2. The van der Waals surface area contributed by atoms with Crippen LogP contribution in [0.5, 0.6) is 0 Å². The van der Waals surface area contributed by atoms with Gasteiger partial charge in [-0.15, -0.1) is 0 Å². The highest BCUT2D eigenvalue weighted by molar-refractivity contribution is 6.05. The van der Waals surface area contributed by atoms with Gasteiger partial charge in [-0.1, -0.05) is 12.1 Å². The molecule has 3 rings (SSSR count). The Bertz CT molecular complexity index is 1400. The van der Waals surface area contributed by atoms with E-state index in [0.717, 1.165) is 10.5 Å². The van der Waals surface area contributed by atoms with E-state index in [2.05, 4.69) is 20.7 Å². The molecule has 0 aliphatic heterocycles. The summed E-state index contributed by atoms with van der Waals surface area (Å²) in [7, 11) is 0. The highest BCUT2D eigenvalue weighted by atomic mass is 16.7. The van der Waals surface area contributed by atoms with Crippen LogP contribution in [0, 0.1) is 13.8 Å². The molecular weight excluding hydrogens is 492 g/mol. The maximum absolute atomic E-state index is 13.3. The number of aryl methyl sites for hydroxylation is 2. The number of carbonyl (C=O) groups excluding carboxylic acids is 4. The summed E-state index contributed by atoms with van der Waals surface area (Å²) in [6.07, 6.45) is 4.54. The lowest BCUT2D eigenvalue weighted by Crippen LogP contribution is -2.37. The van der Waals surface area contributed by atoms with Crippen molar-refractivity contribution >= 4 is 40.9 Å². The highest BCUT2D eigenvalue weighted by Gasteiger charge is 2.27. The van der Waals surface area contributed by atoms with E-state index >= 15 is 0 Å². The summed E-state index contributed by atoms with van der Waals surface area (Å²) in [6, 6.07) is 5.28. The van der Waals surface area contributed by atoms with E-state index in [1.54, 1.807) is 32.9 Å². The number of allylic oxidation sites excluding steroid dienone is 1. The molecule has 0 saturated heterocycles. The van der Waals surface area contributed by atoms with Gasteiger partial charge in [0.25, 0.3) is 11.8 Å². The van der Waals surface area contributed by atoms with Gasteiger partial charge in [0.2, 0.25) is 6.79 Å². The Morgan fingerprint density at radius 1 is 1.13 bits per heavy atom. The Morgan fingerprint density at radius 2 is 1.89 bits per heavy atom. The van der Waals surface area contributed by atoms with Crippen LogP contribution in [0.2, 0.25) is 0 Å². The molecule has 200 valence electrons. The first-order valence-electron chi connectivity index (χ1n) is 12.0. The van der Waals surface area contributed by atoms with Crippen molar-refractivity contribution in [3.8, 4) is 0 Å². The number of rotatable bonds is 9. The molecule has 0 radical (unpaired) electrons. The second kappa shape index (κ2) is 12.5. The Kier molecular flexibility index (Phi) is 9.14. The molecule has 2 aromatic heterocycles. The maximum Gasteiger partial charge on any atom is 0.419 e. The number of benzene rings is 1. The van der Waals surface area contributed by atoms with E-state index in [1.807, 2.05) is 19.9 Å². The van der Waals surface area contributed by atoms with E-state index in [4.69, 9.17) is 9.47 Å². The number of nitrogens with zero attached hydrogens (tertiary/aromatic N) is 4. The van der Waals surface area contributed by atoms with Crippen molar-refractivity contribution in [1.82, 2.24) is 24.8 Å². The van der Waals surface area contributed by atoms with Crippen LogP contribution in [0.15, 0.2) is 42.9 Å². The summed E-state index contributed by atoms with van der Waals surface area (Å²) >= 11 is 0. The van der Waals surface area contributed by atoms with Crippen molar-refractivity contribution in [3.63, 3.8) is 0 Å². The van der Waals surface area contributed by atoms with E-state index in [9.17, 15) is 19.2 Å². The first kappa shape index (κ1) is 27.8. The predicted octanol–water partition coefficient (Wildman–Crippen LogP) is 3.51. The first-order valence-corrected chi connectivity index (χ1v) is 12.0. The minimum absolute atomic E-state index is 0.0225. The summed E-state index contributed by atoms with van der Waals surface area (Å²) in [6.45, 7) is 8.61. The Morgan fingerprint density at radius 3 is 2.58 bits per heavy atom. The molecule has 0 aliphatic carbocycles. The van der Waals surface area contributed by atoms with Crippen LogP contribution in [0.1, 0.15) is 52.6 Å². The Balaban J connectivity index is 1.88. The lowest BCUT2D eigenvalue weighted by molar-refractivity contribution is -0.146. The number of carbonyl (C=O) groups is 4. The quantitative estimate of drug-likeness (QED) is 0.245. The van der Waals surface area contributed by atoms with E-state index < -0.39 is 24.8 Å². The van der Waals surface area contributed by atoms with E-state index in [-0.39, 0.29) is 18.0 Å². The molecule has 2 heterocycles. The van der Waals surface area contributed by atoms with Crippen LogP contribution < -0.4 is 10.6 Å². The van der Waals surface area contributed by atoms with E-state index in [1.165, 1.54) is 29.2 Å². The van der Waals surface area contributed by atoms with Gasteiger partial charge in [-0.25, -0.2) is 24.0 Å². The molecule has 0 spiro atoms.